The molecule has 2 aromatic heterocycles. The minimum absolute atomic E-state index is 0.00882. The average Bonchev–Trinajstić information content (AvgIpc) is 3.46. The fourth-order valence-electron chi connectivity index (χ4n) is 3.98. The predicted molar refractivity (Wildman–Crippen MR) is 116 cm³/mol. The maximum Gasteiger partial charge on any atom is 0.255 e. The van der Waals surface area contributed by atoms with E-state index in [1.165, 1.54) is 18.5 Å². The zero-order valence-corrected chi connectivity index (χ0v) is 17.4. The van der Waals surface area contributed by atoms with Gasteiger partial charge in [0.1, 0.15) is 11.6 Å². The summed E-state index contributed by atoms with van der Waals surface area (Å²) in [6.07, 6.45) is 8.10. The number of carbonyl (C=O) groups excluding carboxylic acids is 1. The molecule has 0 spiro atoms. The molecule has 0 aliphatic carbocycles. The quantitative estimate of drug-likeness (QED) is 0.673. The first-order chi connectivity index (χ1) is 15.1. The molecule has 2 aliphatic heterocycles. The number of rotatable bonds is 3. The molecule has 8 heteroatoms. The fraction of sp³-hybridized carbons (Fsp3) is 0.391. The van der Waals surface area contributed by atoms with E-state index in [0.29, 0.717) is 5.56 Å². The molecular formula is C23H27F2N5O. The van der Waals surface area contributed by atoms with Gasteiger partial charge in [-0.25, -0.2) is 13.3 Å². The van der Waals surface area contributed by atoms with Crippen molar-refractivity contribution in [1.82, 2.24) is 20.2 Å². The van der Waals surface area contributed by atoms with Gasteiger partial charge in [0.15, 0.2) is 0 Å². The zero-order chi connectivity index (χ0) is 21.6. The van der Waals surface area contributed by atoms with Crippen molar-refractivity contribution in [1.29, 1.82) is 0 Å². The van der Waals surface area contributed by atoms with E-state index in [1.54, 1.807) is 10.7 Å². The van der Waals surface area contributed by atoms with Crippen LogP contribution in [0.25, 0.3) is 5.52 Å². The summed E-state index contributed by atoms with van der Waals surface area (Å²) in [7, 11) is 0. The molecule has 0 unspecified atom stereocenters. The van der Waals surface area contributed by atoms with E-state index < -0.39 is 11.6 Å². The Morgan fingerprint density at radius 2 is 1.68 bits per heavy atom. The second-order valence-electron chi connectivity index (χ2n) is 7.90. The lowest BCUT2D eigenvalue weighted by Crippen LogP contribution is -2.42. The van der Waals surface area contributed by atoms with Gasteiger partial charge in [0, 0.05) is 31.0 Å². The minimum atomic E-state index is -0.411. The zero-order valence-electron chi connectivity index (χ0n) is 17.4. The lowest BCUT2D eigenvalue weighted by atomic mass is 10.1. The molecule has 164 valence electrons. The van der Waals surface area contributed by atoms with Gasteiger partial charge in [0.2, 0.25) is 0 Å². The average molecular weight is 427 g/mol. The summed E-state index contributed by atoms with van der Waals surface area (Å²) in [4.78, 5) is 15.0. The molecule has 4 heterocycles. The van der Waals surface area contributed by atoms with Crippen molar-refractivity contribution < 1.29 is 13.6 Å². The summed E-state index contributed by atoms with van der Waals surface area (Å²) in [5.74, 6) is -0.830. The van der Waals surface area contributed by atoms with Crippen LogP contribution in [0.15, 0.2) is 48.8 Å². The highest BCUT2D eigenvalue weighted by atomic mass is 19.1. The van der Waals surface area contributed by atoms with Crippen molar-refractivity contribution in [3.05, 3.63) is 66.0 Å². The Bertz CT molecular complexity index is 987. The standard InChI is InChI=1S/C17H23N5O.C6H4F2/c23-17(20-13-3-6-18-7-4-13)15-12-19-22-10-5-14(11-16(15)22)21-8-1-2-9-21;7-5-1-2-6(8)4-3-5/h5,10-13,18H,1-4,6-9H2,(H,20,23);1-4H. The van der Waals surface area contributed by atoms with E-state index in [0.717, 1.165) is 68.8 Å². The molecule has 0 bridgehead atoms. The smallest absolute Gasteiger partial charge is 0.255 e. The molecule has 2 fully saturated rings. The number of nitrogens with zero attached hydrogens (tertiary/aromatic N) is 3. The van der Waals surface area contributed by atoms with Crippen LogP contribution in [0, 0.1) is 11.6 Å². The van der Waals surface area contributed by atoms with Crippen LogP contribution in [-0.4, -0.2) is 47.7 Å². The molecule has 2 aliphatic rings. The lowest BCUT2D eigenvalue weighted by Gasteiger charge is -2.23. The van der Waals surface area contributed by atoms with Crippen LogP contribution in [0.2, 0.25) is 0 Å². The van der Waals surface area contributed by atoms with Crippen LogP contribution in [0.4, 0.5) is 14.5 Å². The van der Waals surface area contributed by atoms with Gasteiger partial charge < -0.3 is 15.5 Å². The predicted octanol–water partition coefficient (Wildman–Crippen LogP) is 3.38. The van der Waals surface area contributed by atoms with Crippen LogP contribution in [0.3, 0.4) is 0 Å². The van der Waals surface area contributed by atoms with Crippen molar-refractivity contribution in [2.24, 2.45) is 0 Å². The summed E-state index contributed by atoms with van der Waals surface area (Å²) < 4.78 is 25.6. The number of halogens is 2. The number of anilines is 1. The SMILES string of the molecule is Fc1ccc(F)cc1.O=C(NC1CCNCC1)c1cnn2ccc(N3CCCC3)cc12. The van der Waals surface area contributed by atoms with Crippen molar-refractivity contribution >= 4 is 17.1 Å². The largest absolute Gasteiger partial charge is 0.371 e. The molecule has 0 radical (unpaired) electrons. The number of hydrogen-bond acceptors (Lipinski definition) is 4. The summed E-state index contributed by atoms with van der Waals surface area (Å²) in [5.41, 5.74) is 2.75. The molecule has 2 N–H and O–H groups in total. The number of pyridine rings is 1. The summed E-state index contributed by atoms with van der Waals surface area (Å²) in [6.45, 7) is 4.14. The highest BCUT2D eigenvalue weighted by Crippen LogP contribution is 2.23. The lowest BCUT2D eigenvalue weighted by molar-refractivity contribution is 0.0931. The Kier molecular flexibility index (Phi) is 6.76. The maximum absolute atomic E-state index is 12.6. The van der Waals surface area contributed by atoms with Crippen LogP contribution >= 0.6 is 0 Å². The third-order valence-electron chi connectivity index (χ3n) is 5.70. The van der Waals surface area contributed by atoms with Crippen molar-refractivity contribution in [3.8, 4) is 0 Å². The Balaban J connectivity index is 0.000000245. The van der Waals surface area contributed by atoms with E-state index >= 15 is 0 Å². The van der Waals surface area contributed by atoms with Crippen molar-refractivity contribution in [2.45, 2.75) is 31.7 Å². The number of hydrogen-bond donors (Lipinski definition) is 2. The van der Waals surface area contributed by atoms with E-state index in [9.17, 15) is 13.6 Å². The first-order valence-electron chi connectivity index (χ1n) is 10.7. The highest BCUT2D eigenvalue weighted by molar-refractivity contribution is 6.01. The van der Waals surface area contributed by atoms with Gasteiger partial charge in [-0.3, -0.25) is 4.79 Å². The summed E-state index contributed by atoms with van der Waals surface area (Å²) >= 11 is 0. The highest BCUT2D eigenvalue weighted by Gasteiger charge is 2.20. The number of carbonyl (C=O) groups is 1. The molecular weight excluding hydrogens is 400 g/mol. The van der Waals surface area contributed by atoms with E-state index in [4.69, 9.17) is 0 Å². The second kappa shape index (κ2) is 9.87. The number of benzene rings is 1. The molecule has 5 rings (SSSR count). The van der Waals surface area contributed by atoms with Gasteiger partial charge in [-0.2, -0.15) is 5.10 Å². The fourth-order valence-corrected chi connectivity index (χ4v) is 3.98. The molecule has 31 heavy (non-hydrogen) atoms. The Labute approximate surface area is 180 Å². The van der Waals surface area contributed by atoms with Crippen LogP contribution in [-0.2, 0) is 0 Å². The van der Waals surface area contributed by atoms with Crippen LogP contribution in [0.1, 0.15) is 36.0 Å². The van der Waals surface area contributed by atoms with Crippen LogP contribution in [0.5, 0.6) is 0 Å². The minimum Gasteiger partial charge on any atom is -0.371 e. The summed E-state index contributed by atoms with van der Waals surface area (Å²) in [5, 5.41) is 10.8. The maximum atomic E-state index is 12.6. The van der Waals surface area contributed by atoms with Gasteiger partial charge in [0.25, 0.3) is 5.91 Å². The molecule has 2 saturated heterocycles. The number of amides is 1. The third kappa shape index (κ3) is 5.38. The molecule has 6 nitrogen and oxygen atoms in total. The van der Waals surface area contributed by atoms with Gasteiger partial charge >= 0.3 is 0 Å². The molecule has 0 saturated carbocycles. The second-order valence-corrected chi connectivity index (χ2v) is 7.90. The van der Waals surface area contributed by atoms with Crippen molar-refractivity contribution in [2.75, 3.05) is 31.1 Å². The topological polar surface area (TPSA) is 61.7 Å². The van der Waals surface area contributed by atoms with Gasteiger partial charge in [0.05, 0.1) is 17.3 Å². The Hall–Kier alpha value is -3.00. The van der Waals surface area contributed by atoms with Crippen molar-refractivity contribution in [3.63, 3.8) is 0 Å². The molecule has 1 amide bonds. The van der Waals surface area contributed by atoms with E-state index in [2.05, 4.69) is 32.8 Å². The van der Waals surface area contributed by atoms with E-state index in [1.807, 2.05) is 6.20 Å². The number of nitrogens with one attached hydrogen (secondary N) is 2. The van der Waals surface area contributed by atoms with Gasteiger partial charge in [-0.1, -0.05) is 0 Å². The Morgan fingerprint density at radius 3 is 2.32 bits per heavy atom. The molecule has 3 aromatic rings. The monoisotopic (exact) mass is 427 g/mol. The molecule has 1 aromatic carbocycles. The van der Waals surface area contributed by atoms with Gasteiger partial charge in [-0.15, -0.1) is 0 Å². The van der Waals surface area contributed by atoms with Crippen LogP contribution < -0.4 is 15.5 Å². The summed E-state index contributed by atoms with van der Waals surface area (Å²) in [6, 6.07) is 8.76. The Morgan fingerprint density at radius 1 is 1.03 bits per heavy atom. The normalized spacial score (nSPS) is 16.8. The number of piperidine rings is 1. The third-order valence-corrected chi connectivity index (χ3v) is 5.70. The molecule has 0 atom stereocenters. The number of aromatic nitrogens is 2. The first-order valence-corrected chi connectivity index (χ1v) is 10.7. The van der Waals surface area contributed by atoms with E-state index in [-0.39, 0.29) is 11.9 Å². The first kappa shape index (κ1) is 21.2. The number of fused-ring (bicyclic) bond motifs is 1. The van der Waals surface area contributed by atoms with Gasteiger partial charge in [-0.05, 0) is 75.2 Å².